The monoisotopic (exact) mass is 507 g/mol. The summed E-state index contributed by atoms with van der Waals surface area (Å²) in [5.74, 6) is 0.104. The maximum absolute atomic E-state index is 11.0. The minimum atomic E-state index is -1.07. The van der Waals surface area contributed by atoms with E-state index in [2.05, 4.69) is 37.2 Å². The number of carboxylic acid groups (broad SMARTS) is 1. The lowest BCUT2D eigenvalue weighted by atomic mass is 10.1. The van der Waals surface area contributed by atoms with Gasteiger partial charge in [0.1, 0.15) is 11.8 Å². The van der Waals surface area contributed by atoms with Gasteiger partial charge >= 0.3 is 5.97 Å². The Kier molecular flexibility index (Phi) is 6.24. The van der Waals surface area contributed by atoms with E-state index in [1.807, 2.05) is 32.0 Å². The number of ether oxygens (including phenoxy) is 1. The lowest BCUT2D eigenvalue weighted by Gasteiger charge is -2.11. The third-order valence-corrected chi connectivity index (χ3v) is 5.27. The Morgan fingerprint density at radius 2 is 2.09 bits per heavy atom. The number of rotatable bonds is 7. The molecule has 0 spiro atoms. The number of nitriles is 1. The zero-order valence-electron chi connectivity index (χ0n) is 17.7. The number of hydrogen-bond acceptors (Lipinski definition) is 7. The molecule has 33 heavy (non-hydrogen) atoms. The van der Waals surface area contributed by atoms with E-state index in [9.17, 15) is 10.1 Å². The Hall–Kier alpha value is -3.97. The number of hydrogen-bond donors (Lipinski definition) is 1. The molecule has 0 radical (unpaired) electrons. The van der Waals surface area contributed by atoms with Crippen LogP contribution in [-0.2, 0) is 6.54 Å². The lowest BCUT2D eigenvalue weighted by Crippen LogP contribution is -2.06. The maximum atomic E-state index is 11.0. The molecule has 0 aliphatic rings. The van der Waals surface area contributed by atoms with Gasteiger partial charge in [0.2, 0.25) is 5.82 Å². The van der Waals surface area contributed by atoms with Crippen LogP contribution >= 0.6 is 15.9 Å². The van der Waals surface area contributed by atoms with E-state index in [4.69, 9.17) is 14.4 Å². The first kappa shape index (κ1) is 22.2. The highest BCUT2D eigenvalue weighted by Gasteiger charge is 2.16. The normalized spacial score (nSPS) is 10.9. The first-order valence-electron chi connectivity index (χ1n) is 9.94. The van der Waals surface area contributed by atoms with Crippen molar-refractivity contribution in [2.24, 2.45) is 0 Å². The molecular formula is C23H18BrN5O4. The summed E-state index contributed by atoms with van der Waals surface area (Å²) in [7, 11) is 0. The molecule has 0 saturated heterocycles. The van der Waals surface area contributed by atoms with Gasteiger partial charge in [-0.15, -0.1) is 0 Å². The standard InChI is InChI=1S/C23H18BrN5O4/c1-13(2)32-20-6-4-15(10-16(20)11-25)22-26-21(28-33-22)17-5-3-14(9-18(17)24)12-29-8-7-19(27-29)23(30)31/h3-10,13H,12H2,1-2H3,(H,30,31). The smallest absolute Gasteiger partial charge is 0.356 e. The highest BCUT2D eigenvalue weighted by Crippen LogP contribution is 2.31. The maximum Gasteiger partial charge on any atom is 0.356 e. The zero-order chi connectivity index (χ0) is 23.5. The summed E-state index contributed by atoms with van der Waals surface area (Å²) < 4.78 is 13.4. The highest BCUT2D eigenvalue weighted by molar-refractivity contribution is 9.10. The molecule has 9 nitrogen and oxygen atoms in total. The van der Waals surface area contributed by atoms with Gasteiger partial charge in [-0.25, -0.2) is 4.79 Å². The van der Waals surface area contributed by atoms with E-state index in [1.165, 1.54) is 6.07 Å². The fourth-order valence-corrected chi connectivity index (χ4v) is 3.75. The highest BCUT2D eigenvalue weighted by atomic mass is 79.9. The van der Waals surface area contributed by atoms with Crippen molar-refractivity contribution < 1.29 is 19.2 Å². The van der Waals surface area contributed by atoms with Crippen LogP contribution in [-0.4, -0.2) is 37.1 Å². The van der Waals surface area contributed by atoms with Gasteiger partial charge in [0.05, 0.1) is 18.2 Å². The van der Waals surface area contributed by atoms with Crippen LogP contribution in [0.5, 0.6) is 5.75 Å². The van der Waals surface area contributed by atoms with Crippen molar-refractivity contribution in [2.75, 3.05) is 0 Å². The van der Waals surface area contributed by atoms with Crippen LogP contribution in [0.25, 0.3) is 22.8 Å². The molecule has 0 saturated carbocycles. The largest absolute Gasteiger partial charge is 0.490 e. The zero-order valence-corrected chi connectivity index (χ0v) is 19.3. The van der Waals surface area contributed by atoms with Gasteiger partial charge in [-0.2, -0.15) is 15.3 Å². The number of carbonyl (C=O) groups is 1. The van der Waals surface area contributed by atoms with Crippen molar-refractivity contribution in [3.63, 3.8) is 0 Å². The van der Waals surface area contributed by atoms with E-state index >= 15 is 0 Å². The van der Waals surface area contributed by atoms with Crippen LogP contribution in [0.1, 0.15) is 35.5 Å². The summed E-state index contributed by atoms with van der Waals surface area (Å²) in [6.45, 7) is 4.20. The minimum absolute atomic E-state index is 0.00614. The molecule has 4 aromatic rings. The van der Waals surface area contributed by atoms with Crippen molar-refractivity contribution >= 4 is 21.9 Å². The average molecular weight is 508 g/mol. The van der Waals surface area contributed by atoms with Gasteiger partial charge < -0.3 is 14.4 Å². The van der Waals surface area contributed by atoms with Gasteiger partial charge in [-0.1, -0.05) is 27.2 Å². The molecule has 0 bridgehead atoms. The molecule has 2 aromatic heterocycles. The first-order valence-corrected chi connectivity index (χ1v) is 10.7. The summed E-state index contributed by atoms with van der Waals surface area (Å²) in [5, 5.41) is 26.5. The van der Waals surface area contributed by atoms with E-state index in [-0.39, 0.29) is 17.7 Å². The van der Waals surface area contributed by atoms with Crippen molar-refractivity contribution in [1.82, 2.24) is 19.9 Å². The lowest BCUT2D eigenvalue weighted by molar-refractivity contribution is 0.0689. The van der Waals surface area contributed by atoms with Gasteiger partial charge in [0.25, 0.3) is 5.89 Å². The minimum Gasteiger partial charge on any atom is -0.490 e. The van der Waals surface area contributed by atoms with Gasteiger partial charge in [0.15, 0.2) is 5.69 Å². The van der Waals surface area contributed by atoms with E-state index in [0.717, 1.165) is 15.6 Å². The fourth-order valence-electron chi connectivity index (χ4n) is 3.15. The van der Waals surface area contributed by atoms with Crippen LogP contribution in [0.3, 0.4) is 0 Å². The molecular weight excluding hydrogens is 490 g/mol. The van der Waals surface area contributed by atoms with E-state index in [1.54, 1.807) is 29.1 Å². The van der Waals surface area contributed by atoms with E-state index in [0.29, 0.717) is 29.2 Å². The first-order chi connectivity index (χ1) is 15.8. The second-order valence-corrected chi connectivity index (χ2v) is 8.28. The average Bonchev–Trinajstić information content (AvgIpc) is 3.44. The van der Waals surface area contributed by atoms with Crippen LogP contribution in [0.2, 0.25) is 0 Å². The molecule has 0 amide bonds. The summed E-state index contributed by atoms with van der Waals surface area (Å²) in [6.07, 6.45) is 1.56. The molecule has 2 aromatic carbocycles. The summed E-state index contributed by atoms with van der Waals surface area (Å²) in [6, 6.07) is 14.3. The Labute approximate surface area is 197 Å². The van der Waals surface area contributed by atoms with Gasteiger partial charge in [0, 0.05) is 21.8 Å². The predicted molar refractivity (Wildman–Crippen MR) is 122 cm³/mol. The summed E-state index contributed by atoms with van der Waals surface area (Å²) >= 11 is 3.54. The molecule has 0 fully saturated rings. The van der Waals surface area contributed by atoms with Crippen molar-refractivity contribution in [3.8, 4) is 34.7 Å². The van der Waals surface area contributed by atoms with Crippen LogP contribution < -0.4 is 4.74 Å². The second kappa shape index (κ2) is 9.26. The van der Waals surface area contributed by atoms with Gasteiger partial charge in [-0.3, -0.25) is 4.68 Å². The number of halogens is 1. The van der Waals surface area contributed by atoms with E-state index < -0.39 is 5.97 Å². The quantitative estimate of drug-likeness (QED) is 0.378. The Bertz CT molecular complexity index is 1370. The molecule has 4 rings (SSSR count). The number of nitrogens with zero attached hydrogens (tertiary/aromatic N) is 5. The van der Waals surface area contributed by atoms with Crippen molar-refractivity contribution in [3.05, 3.63) is 70.0 Å². The Balaban J connectivity index is 1.56. The van der Waals surface area contributed by atoms with Crippen LogP contribution in [0.15, 0.2) is 57.7 Å². The topological polar surface area (TPSA) is 127 Å². The number of benzene rings is 2. The molecule has 0 atom stereocenters. The van der Waals surface area contributed by atoms with Gasteiger partial charge in [-0.05, 0) is 55.8 Å². The van der Waals surface area contributed by atoms with Crippen molar-refractivity contribution in [1.29, 1.82) is 5.26 Å². The van der Waals surface area contributed by atoms with Crippen LogP contribution in [0, 0.1) is 11.3 Å². The predicted octanol–water partition coefficient (Wildman–Crippen LogP) is 4.77. The number of aromatic nitrogens is 4. The third kappa shape index (κ3) is 4.94. The molecule has 0 unspecified atom stereocenters. The summed E-state index contributed by atoms with van der Waals surface area (Å²) in [4.78, 5) is 15.5. The molecule has 0 aliphatic carbocycles. The van der Waals surface area contributed by atoms with Crippen LogP contribution in [0.4, 0.5) is 0 Å². The number of carboxylic acids is 1. The number of aromatic carboxylic acids is 1. The SMILES string of the molecule is CC(C)Oc1ccc(-c2nc(-c3ccc(Cn4ccc(C(=O)O)n4)cc3Br)no2)cc1C#N. The molecule has 2 heterocycles. The molecule has 1 N–H and O–H groups in total. The van der Waals surface area contributed by atoms with Crippen molar-refractivity contribution in [2.45, 2.75) is 26.5 Å². The Morgan fingerprint density at radius 1 is 1.27 bits per heavy atom. The third-order valence-electron chi connectivity index (χ3n) is 4.61. The molecule has 0 aliphatic heterocycles. The molecule has 166 valence electrons. The second-order valence-electron chi connectivity index (χ2n) is 7.43. The Morgan fingerprint density at radius 3 is 2.76 bits per heavy atom. The fraction of sp³-hybridized carbons (Fsp3) is 0.174. The molecule has 10 heteroatoms. The summed E-state index contributed by atoms with van der Waals surface area (Å²) in [5.41, 5.74) is 2.63.